The zero-order valence-corrected chi connectivity index (χ0v) is 21.2. The molecule has 0 spiro atoms. The molecule has 11 heteroatoms. The van der Waals surface area contributed by atoms with Gasteiger partial charge in [-0.2, -0.15) is 0 Å². The maximum atomic E-state index is 13.3. The number of amides is 1. The zero-order chi connectivity index (χ0) is 26.7. The summed E-state index contributed by atoms with van der Waals surface area (Å²) < 4.78 is 5.35. The van der Waals surface area contributed by atoms with Gasteiger partial charge in [-0.3, -0.25) is 19.7 Å². The number of likely N-dealkylation sites (N-methyl/N-ethyl adjacent to an activating group) is 1. The Morgan fingerprint density at radius 1 is 1.22 bits per heavy atom. The Morgan fingerprint density at radius 2 is 1.89 bits per heavy atom. The average molecular weight is 518 g/mol. The highest BCUT2D eigenvalue weighted by Gasteiger charge is 2.46. The van der Waals surface area contributed by atoms with Crippen LogP contribution in [0.15, 0.2) is 35.9 Å². The fraction of sp³-hybridized carbons (Fsp3) is 0.360. The number of aromatic hydroxyl groups is 1. The number of aliphatic hydroxyl groups is 1. The molecular formula is C25H28ClN3O7. The predicted octanol–water partition coefficient (Wildman–Crippen LogP) is 4.03. The van der Waals surface area contributed by atoms with Crippen molar-refractivity contribution in [2.45, 2.75) is 26.8 Å². The number of ketones is 1. The summed E-state index contributed by atoms with van der Waals surface area (Å²) in [6.07, 6.45) is 0. The summed E-state index contributed by atoms with van der Waals surface area (Å²) in [5, 5.41) is 33.0. The second-order valence-corrected chi connectivity index (χ2v) is 8.76. The first kappa shape index (κ1) is 27.0. The number of ether oxygens (including phenoxy) is 1. The molecule has 0 saturated carbocycles. The number of hydrogen-bond acceptors (Lipinski definition) is 8. The molecule has 1 atom stereocenters. The highest BCUT2D eigenvalue weighted by molar-refractivity contribution is 6.46. The first-order valence-electron chi connectivity index (χ1n) is 11.4. The third-order valence-electron chi connectivity index (χ3n) is 6.25. The third-order valence-corrected chi connectivity index (χ3v) is 6.53. The molecule has 0 bridgehead atoms. The third kappa shape index (κ3) is 5.00. The number of phenolic OH excluding ortho intramolecular Hbond substituents is 1. The lowest BCUT2D eigenvalue weighted by Gasteiger charge is -2.28. The van der Waals surface area contributed by atoms with Crippen molar-refractivity contribution < 1.29 is 29.5 Å². The minimum Gasteiger partial charge on any atom is -0.507 e. The Labute approximate surface area is 213 Å². The summed E-state index contributed by atoms with van der Waals surface area (Å²) in [4.78, 5) is 40.5. The average Bonchev–Trinajstić information content (AvgIpc) is 3.09. The van der Waals surface area contributed by atoms with E-state index in [1.165, 1.54) is 18.1 Å². The molecule has 1 amide bonds. The Kier molecular flexibility index (Phi) is 8.21. The van der Waals surface area contributed by atoms with Gasteiger partial charge >= 0.3 is 5.69 Å². The number of nitrogens with zero attached hydrogens (tertiary/aromatic N) is 3. The summed E-state index contributed by atoms with van der Waals surface area (Å²) in [6.45, 7) is 7.68. The predicted molar refractivity (Wildman–Crippen MR) is 134 cm³/mol. The molecule has 2 aromatic carbocycles. The Hall–Kier alpha value is -3.63. The number of nitro groups is 1. The first-order chi connectivity index (χ1) is 17.0. The van der Waals surface area contributed by atoms with Crippen molar-refractivity contribution in [1.82, 2.24) is 9.80 Å². The quantitative estimate of drug-likeness (QED) is 0.167. The molecule has 0 radical (unpaired) electrons. The van der Waals surface area contributed by atoms with Crippen molar-refractivity contribution in [1.29, 1.82) is 0 Å². The van der Waals surface area contributed by atoms with E-state index in [-0.39, 0.29) is 34.0 Å². The largest absolute Gasteiger partial charge is 0.507 e. The number of aliphatic hydroxyl groups excluding tert-OH is 1. The van der Waals surface area contributed by atoms with E-state index in [1.54, 1.807) is 19.1 Å². The van der Waals surface area contributed by atoms with Crippen LogP contribution < -0.4 is 4.74 Å². The van der Waals surface area contributed by atoms with Crippen LogP contribution in [0.25, 0.3) is 5.76 Å². The standard InChI is InChI=1S/C25H28ClN3O7/c1-5-27(6-2)9-10-28-21(15-7-8-19(30)18(13-15)29(34)35)20(23(32)25(28)33)22(31)16-11-14(3)12-17(26)24(16)36-4/h7-8,11-13,21,30-31H,5-6,9-10H2,1-4H3/b22-20+. The summed E-state index contributed by atoms with van der Waals surface area (Å²) in [6, 6.07) is 5.67. The summed E-state index contributed by atoms with van der Waals surface area (Å²) in [7, 11) is 1.36. The van der Waals surface area contributed by atoms with E-state index in [0.717, 1.165) is 25.2 Å². The van der Waals surface area contributed by atoms with Crippen LogP contribution in [0, 0.1) is 17.0 Å². The molecule has 0 aliphatic carbocycles. The Bertz CT molecular complexity index is 1240. The van der Waals surface area contributed by atoms with Gasteiger partial charge in [-0.05, 0) is 49.3 Å². The number of halogens is 1. The molecular weight excluding hydrogens is 490 g/mol. The van der Waals surface area contributed by atoms with Crippen molar-refractivity contribution in [2.75, 3.05) is 33.3 Å². The number of methoxy groups -OCH3 is 1. The fourth-order valence-electron chi connectivity index (χ4n) is 4.36. The molecule has 0 aromatic heterocycles. The number of likely N-dealkylation sites (tertiary alicyclic amines) is 1. The number of nitro benzene ring substituents is 1. The molecule has 36 heavy (non-hydrogen) atoms. The zero-order valence-electron chi connectivity index (χ0n) is 20.4. The van der Waals surface area contributed by atoms with Crippen LogP contribution in [-0.4, -0.2) is 69.9 Å². The smallest absolute Gasteiger partial charge is 0.311 e. The molecule has 1 fully saturated rings. The fourth-order valence-corrected chi connectivity index (χ4v) is 4.71. The van der Waals surface area contributed by atoms with E-state index < -0.39 is 39.9 Å². The van der Waals surface area contributed by atoms with Gasteiger partial charge < -0.3 is 24.7 Å². The van der Waals surface area contributed by atoms with Gasteiger partial charge in [-0.1, -0.05) is 31.5 Å². The summed E-state index contributed by atoms with van der Waals surface area (Å²) in [5.41, 5.74) is 0.146. The number of carbonyl (C=O) groups excluding carboxylic acids is 2. The second kappa shape index (κ2) is 11.0. The van der Waals surface area contributed by atoms with Gasteiger partial charge in [-0.25, -0.2) is 0 Å². The SMILES string of the molecule is CCN(CC)CCN1C(=O)C(=O)/C(=C(/O)c2cc(C)cc(Cl)c2OC)C1c1ccc(O)c([N+](=O)[O-])c1. The van der Waals surface area contributed by atoms with Gasteiger partial charge in [0.2, 0.25) is 0 Å². The van der Waals surface area contributed by atoms with E-state index in [1.807, 2.05) is 13.8 Å². The van der Waals surface area contributed by atoms with Crippen LogP contribution in [0.2, 0.25) is 5.02 Å². The van der Waals surface area contributed by atoms with E-state index in [2.05, 4.69) is 4.90 Å². The number of benzene rings is 2. The monoisotopic (exact) mass is 517 g/mol. The van der Waals surface area contributed by atoms with E-state index >= 15 is 0 Å². The van der Waals surface area contributed by atoms with Crippen molar-refractivity contribution in [3.63, 3.8) is 0 Å². The number of phenols is 1. The number of carbonyl (C=O) groups is 2. The van der Waals surface area contributed by atoms with Crippen molar-refractivity contribution in [2.24, 2.45) is 0 Å². The van der Waals surface area contributed by atoms with Gasteiger partial charge in [0, 0.05) is 19.2 Å². The maximum Gasteiger partial charge on any atom is 0.311 e. The van der Waals surface area contributed by atoms with Crippen LogP contribution in [0.1, 0.15) is 36.6 Å². The van der Waals surface area contributed by atoms with Crippen LogP contribution in [-0.2, 0) is 9.59 Å². The second-order valence-electron chi connectivity index (χ2n) is 8.35. The van der Waals surface area contributed by atoms with Gasteiger partial charge in [0.05, 0.1) is 34.2 Å². The minimum atomic E-state index is -1.14. The number of hydrogen-bond donors (Lipinski definition) is 2. The minimum absolute atomic E-state index is 0.113. The number of rotatable bonds is 9. The first-order valence-corrected chi connectivity index (χ1v) is 11.8. The van der Waals surface area contributed by atoms with Gasteiger partial charge in [-0.15, -0.1) is 0 Å². The van der Waals surface area contributed by atoms with Gasteiger partial charge in [0.1, 0.15) is 11.5 Å². The molecule has 2 aromatic rings. The van der Waals surface area contributed by atoms with Crippen molar-refractivity contribution in [3.8, 4) is 11.5 Å². The van der Waals surface area contributed by atoms with Crippen molar-refractivity contribution >= 4 is 34.7 Å². The topological polar surface area (TPSA) is 133 Å². The summed E-state index contributed by atoms with van der Waals surface area (Å²) >= 11 is 6.29. The van der Waals surface area contributed by atoms with Crippen LogP contribution >= 0.6 is 11.6 Å². The molecule has 192 valence electrons. The molecule has 1 saturated heterocycles. The lowest BCUT2D eigenvalue weighted by Crippen LogP contribution is -2.38. The van der Waals surface area contributed by atoms with Crippen LogP contribution in [0.5, 0.6) is 11.5 Å². The normalized spacial score (nSPS) is 17.2. The van der Waals surface area contributed by atoms with Crippen LogP contribution in [0.4, 0.5) is 5.69 Å². The molecule has 2 N–H and O–H groups in total. The number of aryl methyl sites for hydroxylation is 1. The van der Waals surface area contributed by atoms with E-state index in [4.69, 9.17) is 16.3 Å². The maximum absolute atomic E-state index is 13.3. The molecule has 10 nitrogen and oxygen atoms in total. The van der Waals surface area contributed by atoms with E-state index in [9.17, 15) is 29.9 Å². The Balaban J connectivity index is 2.27. The molecule has 1 unspecified atom stereocenters. The molecule has 1 heterocycles. The lowest BCUT2D eigenvalue weighted by molar-refractivity contribution is -0.385. The van der Waals surface area contributed by atoms with E-state index in [0.29, 0.717) is 12.1 Å². The summed E-state index contributed by atoms with van der Waals surface area (Å²) in [5.74, 6) is -2.74. The van der Waals surface area contributed by atoms with Crippen molar-refractivity contribution in [3.05, 3.63) is 67.7 Å². The number of Topliss-reactive ketones (excluding diaryl/α,β-unsaturated/α-hetero) is 1. The van der Waals surface area contributed by atoms with Gasteiger partial charge in [0.15, 0.2) is 5.75 Å². The van der Waals surface area contributed by atoms with Crippen LogP contribution in [0.3, 0.4) is 0 Å². The lowest BCUT2D eigenvalue weighted by atomic mass is 9.94. The van der Waals surface area contributed by atoms with Gasteiger partial charge in [0.25, 0.3) is 11.7 Å². The molecule has 1 aliphatic heterocycles. The molecule has 1 aliphatic rings. The highest BCUT2D eigenvalue weighted by atomic mass is 35.5. The Morgan fingerprint density at radius 3 is 2.47 bits per heavy atom. The highest BCUT2D eigenvalue weighted by Crippen LogP contribution is 2.44. The molecule has 3 rings (SSSR count).